The number of carbonyl (C=O) groups is 2. The van der Waals surface area contributed by atoms with Crippen molar-refractivity contribution in [2.45, 2.75) is 26.0 Å². The highest BCUT2D eigenvalue weighted by molar-refractivity contribution is 6.30. The van der Waals surface area contributed by atoms with E-state index in [9.17, 15) is 9.59 Å². The number of amides is 3. The van der Waals surface area contributed by atoms with Crippen LogP contribution in [0.15, 0.2) is 24.3 Å². The van der Waals surface area contributed by atoms with Crippen LogP contribution >= 0.6 is 11.6 Å². The summed E-state index contributed by atoms with van der Waals surface area (Å²) in [6.07, 6.45) is -0.661. The Balaban J connectivity index is 1.77. The van der Waals surface area contributed by atoms with Gasteiger partial charge in [0.15, 0.2) is 0 Å². The summed E-state index contributed by atoms with van der Waals surface area (Å²) < 4.78 is 5.18. The Morgan fingerprint density at radius 2 is 2.10 bits per heavy atom. The highest BCUT2D eigenvalue weighted by atomic mass is 35.5. The van der Waals surface area contributed by atoms with E-state index in [0.29, 0.717) is 17.3 Å². The van der Waals surface area contributed by atoms with Gasteiger partial charge in [-0.25, -0.2) is 9.59 Å². The van der Waals surface area contributed by atoms with E-state index in [2.05, 4.69) is 10.6 Å². The number of rotatable bonds is 4. The maximum Gasteiger partial charge on any atom is 0.410 e. The van der Waals surface area contributed by atoms with Gasteiger partial charge in [0, 0.05) is 16.8 Å². The molecule has 2 N–H and O–H groups in total. The number of ether oxygens (including phenoxy) is 1. The zero-order valence-electron chi connectivity index (χ0n) is 11.9. The highest BCUT2D eigenvalue weighted by Gasteiger charge is 2.32. The summed E-state index contributed by atoms with van der Waals surface area (Å²) in [4.78, 5) is 24.9. The lowest BCUT2D eigenvalue weighted by Crippen LogP contribution is -2.38. The van der Waals surface area contributed by atoms with Crippen molar-refractivity contribution < 1.29 is 14.3 Å². The van der Waals surface area contributed by atoms with Gasteiger partial charge < -0.3 is 20.3 Å². The second-order valence-corrected chi connectivity index (χ2v) is 5.53. The van der Waals surface area contributed by atoms with E-state index in [1.807, 2.05) is 13.8 Å². The number of carbonyl (C=O) groups excluding carboxylic acids is 2. The number of urea groups is 1. The van der Waals surface area contributed by atoms with Crippen molar-refractivity contribution in [1.82, 2.24) is 10.2 Å². The molecule has 0 saturated carbocycles. The predicted octanol–water partition coefficient (Wildman–Crippen LogP) is 2.69. The second-order valence-electron chi connectivity index (χ2n) is 5.09. The SMILES string of the molecule is CC(C)N1CC(CNC(=O)Nc2ccc(Cl)cc2)OC1=O. The number of cyclic esters (lactones) is 1. The summed E-state index contributed by atoms with van der Waals surface area (Å²) >= 11 is 5.77. The minimum absolute atomic E-state index is 0.0883. The first kappa shape index (κ1) is 15.4. The monoisotopic (exact) mass is 311 g/mol. The van der Waals surface area contributed by atoms with Crippen molar-refractivity contribution in [3.8, 4) is 0 Å². The van der Waals surface area contributed by atoms with Crippen LogP contribution in [0.3, 0.4) is 0 Å². The Hall–Kier alpha value is -1.95. The Bertz CT molecular complexity index is 519. The van der Waals surface area contributed by atoms with E-state index < -0.39 is 0 Å². The van der Waals surface area contributed by atoms with Crippen LogP contribution in [0.1, 0.15) is 13.8 Å². The summed E-state index contributed by atoms with van der Waals surface area (Å²) in [6, 6.07) is 6.53. The Kier molecular flexibility index (Phi) is 4.90. The van der Waals surface area contributed by atoms with Crippen molar-refractivity contribution in [2.75, 3.05) is 18.4 Å². The van der Waals surface area contributed by atoms with Crippen molar-refractivity contribution in [1.29, 1.82) is 0 Å². The molecule has 1 atom stereocenters. The number of anilines is 1. The van der Waals surface area contributed by atoms with Crippen LogP contribution in [-0.4, -0.2) is 42.3 Å². The molecule has 0 aromatic heterocycles. The fourth-order valence-corrected chi connectivity index (χ4v) is 2.11. The molecule has 114 valence electrons. The number of benzene rings is 1. The summed E-state index contributed by atoms with van der Waals surface area (Å²) in [5, 5.41) is 5.96. The lowest BCUT2D eigenvalue weighted by Gasteiger charge is -2.16. The first-order valence-corrected chi connectivity index (χ1v) is 7.11. The molecule has 1 aromatic rings. The number of hydrogen-bond acceptors (Lipinski definition) is 3. The molecular weight excluding hydrogens is 294 g/mol. The third-order valence-corrected chi connectivity index (χ3v) is 3.37. The zero-order valence-corrected chi connectivity index (χ0v) is 12.7. The first-order chi connectivity index (χ1) is 9.95. The van der Waals surface area contributed by atoms with Gasteiger partial charge in [-0.2, -0.15) is 0 Å². The number of nitrogens with zero attached hydrogens (tertiary/aromatic N) is 1. The van der Waals surface area contributed by atoms with Gasteiger partial charge in [0.05, 0.1) is 13.1 Å². The molecule has 21 heavy (non-hydrogen) atoms. The van der Waals surface area contributed by atoms with Crippen molar-refractivity contribution in [2.24, 2.45) is 0 Å². The molecule has 3 amide bonds. The Morgan fingerprint density at radius 3 is 2.67 bits per heavy atom. The van der Waals surface area contributed by atoms with Gasteiger partial charge in [-0.05, 0) is 38.1 Å². The molecular formula is C14H18ClN3O3. The van der Waals surface area contributed by atoms with Gasteiger partial charge in [0.1, 0.15) is 6.10 Å². The van der Waals surface area contributed by atoms with Crippen molar-refractivity contribution in [3.63, 3.8) is 0 Å². The molecule has 0 bridgehead atoms. The lowest BCUT2D eigenvalue weighted by molar-refractivity contribution is 0.129. The van der Waals surface area contributed by atoms with Gasteiger partial charge in [0.25, 0.3) is 0 Å². The standard InChI is InChI=1S/C14H18ClN3O3/c1-9(2)18-8-12(21-14(18)20)7-16-13(19)17-11-5-3-10(15)4-6-11/h3-6,9,12H,7-8H2,1-2H3,(H2,16,17,19). The van der Waals surface area contributed by atoms with E-state index in [1.165, 1.54) is 0 Å². The summed E-state index contributed by atoms with van der Waals surface area (Å²) in [6.45, 7) is 4.60. The largest absolute Gasteiger partial charge is 0.442 e. The maximum absolute atomic E-state index is 11.7. The Morgan fingerprint density at radius 1 is 1.43 bits per heavy atom. The molecule has 0 spiro atoms. The number of nitrogens with one attached hydrogen (secondary N) is 2. The second kappa shape index (κ2) is 6.67. The maximum atomic E-state index is 11.7. The van der Waals surface area contributed by atoms with Crippen LogP contribution in [0, 0.1) is 0 Å². The average molecular weight is 312 g/mol. The minimum Gasteiger partial charge on any atom is -0.442 e. The van der Waals surface area contributed by atoms with Crippen LogP contribution < -0.4 is 10.6 Å². The van der Waals surface area contributed by atoms with Gasteiger partial charge in [0.2, 0.25) is 0 Å². The zero-order chi connectivity index (χ0) is 15.4. The van der Waals surface area contributed by atoms with Crippen LogP contribution in [0.2, 0.25) is 5.02 Å². The fraction of sp³-hybridized carbons (Fsp3) is 0.429. The quantitative estimate of drug-likeness (QED) is 0.898. The molecule has 6 nitrogen and oxygen atoms in total. The molecule has 1 saturated heterocycles. The molecule has 0 radical (unpaired) electrons. The van der Waals surface area contributed by atoms with E-state index in [1.54, 1.807) is 29.2 Å². The lowest BCUT2D eigenvalue weighted by atomic mass is 10.3. The van der Waals surface area contributed by atoms with Gasteiger partial charge in [-0.1, -0.05) is 11.6 Å². The number of halogens is 1. The molecule has 1 unspecified atom stereocenters. The summed E-state index contributed by atoms with van der Waals surface area (Å²) in [5.41, 5.74) is 0.643. The molecule has 1 fully saturated rings. The molecule has 0 aliphatic carbocycles. The molecule has 1 aliphatic rings. The van der Waals surface area contributed by atoms with Crippen LogP contribution in [0.5, 0.6) is 0 Å². The minimum atomic E-state index is -0.351. The van der Waals surface area contributed by atoms with Crippen LogP contribution in [0.25, 0.3) is 0 Å². The van der Waals surface area contributed by atoms with E-state index >= 15 is 0 Å². The average Bonchev–Trinajstić information content (AvgIpc) is 2.81. The highest BCUT2D eigenvalue weighted by Crippen LogP contribution is 2.14. The normalized spacial score (nSPS) is 17.8. The van der Waals surface area contributed by atoms with Gasteiger partial charge in [-0.3, -0.25) is 0 Å². The van der Waals surface area contributed by atoms with E-state index in [4.69, 9.17) is 16.3 Å². The number of hydrogen-bond donors (Lipinski definition) is 2. The molecule has 1 aliphatic heterocycles. The van der Waals surface area contributed by atoms with E-state index in [-0.39, 0.29) is 30.8 Å². The third-order valence-electron chi connectivity index (χ3n) is 3.12. The van der Waals surface area contributed by atoms with E-state index in [0.717, 1.165) is 0 Å². The molecule has 7 heteroatoms. The van der Waals surface area contributed by atoms with Crippen LogP contribution in [-0.2, 0) is 4.74 Å². The summed E-state index contributed by atoms with van der Waals surface area (Å²) in [5.74, 6) is 0. The van der Waals surface area contributed by atoms with Crippen molar-refractivity contribution in [3.05, 3.63) is 29.3 Å². The molecule has 1 heterocycles. The fourth-order valence-electron chi connectivity index (χ4n) is 1.98. The smallest absolute Gasteiger partial charge is 0.410 e. The predicted molar refractivity (Wildman–Crippen MR) is 80.6 cm³/mol. The van der Waals surface area contributed by atoms with Crippen LogP contribution in [0.4, 0.5) is 15.3 Å². The summed E-state index contributed by atoms with van der Waals surface area (Å²) in [7, 11) is 0. The van der Waals surface area contributed by atoms with Crippen molar-refractivity contribution >= 4 is 29.4 Å². The topological polar surface area (TPSA) is 70.7 Å². The van der Waals surface area contributed by atoms with Gasteiger partial charge in [-0.15, -0.1) is 0 Å². The molecule has 1 aromatic carbocycles. The Labute approximate surface area is 128 Å². The van der Waals surface area contributed by atoms with Gasteiger partial charge >= 0.3 is 12.1 Å². The third kappa shape index (κ3) is 4.26. The first-order valence-electron chi connectivity index (χ1n) is 6.73. The molecule has 2 rings (SSSR count).